The first-order chi connectivity index (χ1) is 12.2. The maximum atomic E-state index is 12.0. The molecule has 0 spiro atoms. The smallest absolute Gasteiger partial charge is 0.319 e. The van der Waals surface area contributed by atoms with E-state index in [0.717, 1.165) is 31.9 Å². The summed E-state index contributed by atoms with van der Waals surface area (Å²) in [7, 11) is 0. The largest absolute Gasteiger partial charge is 0.381 e. The molecule has 0 aliphatic carbocycles. The molecule has 138 valence electrons. The highest BCUT2D eigenvalue weighted by Gasteiger charge is 2.26. The van der Waals surface area contributed by atoms with Crippen molar-refractivity contribution in [2.24, 2.45) is 5.92 Å². The number of urea groups is 1. The number of carbonyl (C=O) groups excluding carboxylic acids is 1. The number of carbonyl (C=O) groups is 1. The average molecular weight is 345 g/mol. The zero-order valence-corrected chi connectivity index (χ0v) is 15.3. The van der Waals surface area contributed by atoms with E-state index in [-0.39, 0.29) is 6.03 Å². The normalized spacial score (nSPS) is 22.5. The molecule has 2 amide bonds. The standard InChI is InChI=1S/C20H31N3O2/c1-16-4-6-18(7-5-16)22-20(24)21-11-8-17-3-2-12-23(15-17)19-9-13-25-14-10-19/h4-7,17,19H,2-3,8-15H2,1H3,(H2,21,22,24)/t17-/m1/s1. The first-order valence-corrected chi connectivity index (χ1v) is 9.64. The number of rotatable bonds is 5. The predicted molar refractivity (Wildman–Crippen MR) is 101 cm³/mol. The van der Waals surface area contributed by atoms with Gasteiger partial charge in [-0.25, -0.2) is 4.79 Å². The Morgan fingerprint density at radius 3 is 2.72 bits per heavy atom. The van der Waals surface area contributed by atoms with Crippen molar-refractivity contribution in [3.63, 3.8) is 0 Å². The average Bonchev–Trinajstić information content (AvgIpc) is 2.65. The molecule has 2 saturated heterocycles. The molecule has 2 aliphatic rings. The van der Waals surface area contributed by atoms with Crippen molar-refractivity contribution in [2.45, 2.75) is 45.1 Å². The van der Waals surface area contributed by atoms with Crippen LogP contribution in [0.1, 0.15) is 37.7 Å². The topological polar surface area (TPSA) is 53.6 Å². The number of amides is 2. The van der Waals surface area contributed by atoms with Crippen LogP contribution in [0.3, 0.4) is 0 Å². The number of aryl methyl sites for hydroxylation is 1. The van der Waals surface area contributed by atoms with Gasteiger partial charge in [-0.05, 0) is 63.6 Å². The van der Waals surface area contributed by atoms with Crippen molar-refractivity contribution in [1.82, 2.24) is 10.2 Å². The molecule has 0 saturated carbocycles. The number of hydrogen-bond acceptors (Lipinski definition) is 3. The molecular formula is C20H31N3O2. The summed E-state index contributed by atoms with van der Waals surface area (Å²) in [6.07, 6.45) is 5.95. The number of likely N-dealkylation sites (tertiary alicyclic amines) is 1. The summed E-state index contributed by atoms with van der Waals surface area (Å²) in [5, 5.41) is 5.89. The third kappa shape index (κ3) is 5.72. The van der Waals surface area contributed by atoms with Crippen LogP contribution in [0.15, 0.2) is 24.3 Å². The monoisotopic (exact) mass is 345 g/mol. The second-order valence-corrected chi connectivity index (χ2v) is 7.38. The zero-order chi connectivity index (χ0) is 17.5. The van der Waals surface area contributed by atoms with Crippen LogP contribution in [0.2, 0.25) is 0 Å². The Morgan fingerprint density at radius 2 is 1.96 bits per heavy atom. The van der Waals surface area contributed by atoms with Crippen molar-refractivity contribution < 1.29 is 9.53 Å². The minimum Gasteiger partial charge on any atom is -0.381 e. The highest BCUT2D eigenvalue weighted by atomic mass is 16.5. The quantitative estimate of drug-likeness (QED) is 0.860. The van der Waals surface area contributed by atoms with Gasteiger partial charge in [0.25, 0.3) is 0 Å². The first-order valence-electron chi connectivity index (χ1n) is 9.64. The fourth-order valence-corrected chi connectivity index (χ4v) is 3.92. The molecule has 1 atom stereocenters. The van der Waals surface area contributed by atoms with E-state index < -0.39 is 0 Å². The molecule has 5 heteroatoms. The number of ether oxygens (including phenoxy) is 1. The maximum Gasteiger partial charge on any atom is 0.319 e. The van der Waals surface area contributed by atoms with E-state index in [0.29, 0.717) is 12.0 Å². The molecule has 0 unspecified atom stereocenters. The Bertz CT molecular complexity index is 540. The van der Waals surface area contributed by atoms with E-state index in [2.05, 4.69) is 15.5 Å². The van der Waals surface area contributed by atoms with Gasteiger partial charge in [0, 0.05) is 38.0 Å². The molecule has 5 nitrogen and oxygen atoms in total. The van der Waals surface area contributed by atoms with Crippen molar-refractivity contribution in [2.75, 3.05) is 38.2 Å². The first kappa shape index (κ1) is 18.2. The summed E-state index contributed by atoms with van der Waals surface area (Å²) in [6, 6.07) is 8.46. The minimum absolute atomic E-state index is 0.110. The highest BCUT2D eigenvalue weighted by molar-refractivity contribution is 5.89. The molecule has 3 rings (SSSR count). The van der Waals surface area contributed by atoms with E-state index in [4.69, 9.17) is 4.74 Å². The minimum atomic E-state index is -0.110. The fraction of sp³-hybridized carbons (Fsp3) is 0.650. The number of benzene rings is 1. The number of nitrogens with zero attached hydrogens (tertiary/aromatic N) is 1. The predicted octanol–water partition coefficient (Wildman–Crippen LogP) is 3.40. The van der Waals surface area contributed by atoms with E-state index in [1.807, 2.05) is 31.2 Å². The summed E-state index contributed by atoms with van der Waals surface area (Å²) in [5.41, 5.74) is 2.03. The van der Waals surface area contributed by atoms with Crippen LogP contribution in [0, 0.1) is 12.8 Å². The van der Waals surface area contributed by atoms with Gasteiger partial charge in [0.2, 0.25) is 0 Å². The Labute approximate surface area is 151 Å². The summed E-state index contributed by atoms with van der Waals surface area (Å²) in [6.45, 7) is 7.00. The summed E-state index contributed by atoms with van der Waals surface area (Å²) >= 11 is 0. The molecule has 2 heterocycles. The number of anilines is 1. The summed E-state index contributed by atoms with van der Waals surface area (Å²) in [4.78, 5) is 14.7. The van der Waals surface area contributed by atoms with E-state index in [1.165, 1.54) is 44.3 Å². The Morgan fingerprint density at radius 1 is 1.20 bits per heavy atom. The Balaban J connectivity index is 1.36. The van der Waals surface area contributed by atoms with Gasteiger partial charge in [0.05, 0.1) is 0 Å². The molecule has 25 heavy (non-hydrogen) atoms. The Kier molecular flexibility index (Phi) is 6.70. The van der Waals surface area contributed by atoms with Gasteiger partial charge >= 0.3 is 6.03 Å². The highest BCUT2D eigenvalue weighted by Crippen LogP contribution is 2.24. The lowest BCUT2D eigenvalue weighted by Crippen LogP contribution is -2.45. The molecule has 0 aromatic heterocycles. The van der Waals surface area contributed by atoms with Crippen LogP contribution < -0.4 is 10.6 Å². The third-order valence-electron chi connectivity index (χ3n) is 5.41. The molecule has 2 fully saturated rings. The van der Waals surface area contributed by atoms with Gasteiger partial charge in [-0.2, -0.15) is 0 Å². The van der Waals surface area contributed by atoms with Gasteiger partial charge in [-0.1, -0.05) is 17.7 Å². The summed E-state index contributed by atoms with van der Waals surface area (Å²) in [5.74, 6) is 0.691. The van der Waals surface area contributed by atoms with E-state index >= 15 is 0 Å². The Hall–Kier alpha value is -1.59. The lowest BCUT2D eigenvalue weighted by Gasteiger charge is -2.40. The molecule has 0 radical (unpaired) electrons. The molecule has 1 aromatic rings. The van der Waals surface area contributed by atoms with Gasteiger partial charge in [0.1, 0.15) is 0 Å². The number of nitrogens with one attached hydrogen (secondary N) is 2. The molecule has 1 aromatic carbocycles. The van der Waals surface area contributed by atoms with Crippen LogP contribution >= 0.6 is 0 Å². The second kappa shape index (κ2) is 9.20. The SMILES string of the molecule is Cc1ccc(NC(=O)NCC[C@H]2CCCN(C3CCOCC3)C2)cc1. The van der Waals surface area contributed by atoms with E-state index in [9.17, 15) is 4.79 Å². The van der Waals surface area contributed by atoms with Gasteiger partial charge < -0.3 is 15.4 Å². The second-order valence-electron chi connectivity index (χ2n) is 7.38. The number of hydrogen-bond donors (Lipinski definition) is 2. The third-order valence-corrected chi connectivity index (χ3v) is 5.41. The van der Waals surface area contributed by atoms with Crippen LogP contribution in [0.4, 0.5) is 10.5 Å². The fourth-order valence-electron chi connectivity index (χ4n) is 3.92. The van der Waals surface area contributed by atoms with Crippen LogP contribution in [-0.4, -0.2) is 49.8 Å². The molecule has 0 bridgehead atoms. The van der Waals surface area contributed by atoms with Crippen molar-refractivity contribution >= 4 is 11.7 Å². The van der Waals surface area contributed by atoms with Crippen LogP contribution in [0.5, 0.6) is 0 Å². The molecule has 2 aliphatic heterocycles. The van der Waals surface area contributed by atoms with Crippen LogP contribution in [0.25, 0.3) is 0 Å². The lowest BCUT2D eigenvalue weighted by atomic mass is 9.92. The van der Waals surface area contributed by atoms with Gasteiger partial charge in [0.15, 0.2) is 0 Å². The zero-order valence-electron chi connectivity index (χ0n) is 15.3. The van der Waals surface area contributed by atoms with Crippen molar-refractivity contribution in [3.05, 3.63) is 29.8 Å². The van der Waals surface area contributed by atoms with Crippen molar-refractivity contribution in [3.8, 4) is 0 Å². The van der Waals surface area contributed by atoms with E-state index in [1.54, 1.807) is 0 Å². The van der Waals surface area contributed by atoms with Gasteiger partial charge in [-0.15, -0.1) is 0 Å². The molecular weight excluding hydrogens is 314 g/mol. The number of piperidine rings is 1. The van der Waals surface area contributed by atoms with Crippen LogP contribution in [-0.2, 0) is 4.74 Å². The molecule has 2 N–H and O–H groups in total. The maximum absolute atomic E-state index is 12.0. The summed E-state index contributed by atoms with van der Waals surface area (Å²) < 4.78 is 5.48. The van der Waals surface area contributed by atoms with Crippen molar-refractivity contribution in [1.29, 1.82) is 0 Å². The van der Waals surface area contributed by atoms with Gasteiger partial charge in [-0.3, -0.25) is 4.90 Å². The lowest BCUT2D eigenvalue weighted by molar-refractivity contribution is 0.0171.